The Balaban J connectivity index is 1.70. The first kappa shape index (κ1) is 18.2. The van der Waals surface area contributed by atoms with Gasteiger partial charge in [-0.1, -0.05) is 60.2 Å². The first-order valence-corrected chi connectivity index (χ1v) is 9.83. The molecule has 0 saturated carbocycles. The molecular formula is C19H23NO3S. The van der Waals surface area contributed by atoms with E-state index in [9.17, 15) is 13.2 Å². The molecule has 0 aliphatic heterocycles. The molecule has 128 valence electrons. The van der Waals surface area contributed by atoms with Crippen LogP contribution in [0.4, 0.5) is 0 Å². The molecule has 0 fully saturated rings. The Morgan fingerprint density at radius 1 is 0.958 bits per heavy atom. The first-order valence-electron chi connectivity index (χ1n) is 8.01. The monoisotopic (exact) mass is 345 g/mol. The molecule has 24 heavy (non-hydrogen) atoms. The number of hydrogen-bond acceptors (Lipinski definition) is 3. The fraction of sp³-hybridized carbons (Fsp3) is 0.316. The van der Waals surface area contributed by atoms with Crippen molar-refractivity contribution < 1.29 is 13.2 Å². The molecule has 2 aromatic rings. The summed E-state index contributed by atoms with van der Waals surface area (Å²) in [5.41, 5.74) is 2.90. The van der Waals surface area contributed by atoms with Crippen LogP contribution in [0, 0.1) is 6.92 Å². The average molecular weight is 345 g/mol. The molecule has 2 aromatic carbocycles. The van der Waals surface area contributed by atoms with E-state index in [1.807, 2.05) is 49.4 Å². The lowest BCUT2D eigenvalue weighted by atomic mass is 10.1. The van der Waals surface area contributed by atoms with Crippen LogP contribution in [0.1, 0.15) is 23.1 Å². The second-order valence-corrected chi connectivity index (χ2v) is 8.13. The van der Waals surface area contributed by atoms with Gasteiger partial charge in [-0.3, -0.25) is 4.79 Å². The van der Waals surface area contributed by atoms with Crippen molar-refractivity contribution >= 4 is 15.7 Å². The van der Waals surface area contributed by atoms with E-state index in [0.717, 1.165) is 16.7 Å². The molecule has 0 spiro atoms. The summed E-state index contributed by atoms with van der Waals surface area (Å²) < 4.78 is 24.1. The van der Waals surface area contributed by atoms with Crippen molar-refractivity contribution in [2.75, 3.05) is 12.3 Å². The Kier molecular flexibility index (Phi) is 6.55. The van der Waals surface area contributed by atoms with Gasteiger partial charge in [-0.15, -0.1) is 0 Å². The van der Waals surface area contributed by atoms with Crippen LogP contribution >= 0.6 is 0 Å². The van der Waals surface area contributed by atoms with Gasteiger partial charge in [0.25, 0.3) is 0 Å². The smallest absolute Gasteiger partial charge is 0.224 e. The Morgan fingerprint density at radius 2 is 1.62 bits per heavy atom. The summed E-state index contributed by atoms with van der Waals surface area (Å²) in [6, 6.07) is 16.9. The van der Waals surface area contributed by atoms with Crippen LogP contribution < -0.4 is 5.32 Å². The molecule has 5 heteroatoms. The lowest BCUT2D eigenvalue weighted by Gasteiger charge is -2.07. The van der Waals surface area contributed by atoms with E-state index in [4.69, 9.17) is 0 Å². The fourth-order valence-electron chi connectivity index (χ4n) is 2.37. The van der Waals surface area contributed by atoms with E-state index in [1.54, 1.807) is 12.1 Å². The zero-order valence-electron chi connectivity index (χ0n) is 13.9. The minimum absolute atomic E-state index is 0.0468. The Hall–Kier alpha value is -2.14. The number of nitrogens with one attached hydrogen (secondary N) is 1. The maximum Gasteiger partial charge on any atom is 0.224 e. The Labute approximate surface area is 143 Å². The number of aryl methyl sites for hydroxylation is 1. The highest BCUT2D eigenvalue weighted by molar-refractivity contribution is 7.90. The van der Waals surface area contributed by atoms with E-state index in [2.05, 4.69) is 5.32 Å². The van der Waals surface area contributed by atoms with Crippen molar-refractivity contribution in [3.63, 3.8) is 0 Å². The molecule has 4 nitrogen and oxygen atoms in total. The van der Waals surface area contributed by atoms with Gasteiger partial charge >= 0.3 is 0 Å². The maximum atomic E-state index is 12.1. The molecule has 1 N–H and O–H groups in total. The minimum atomic E-state index is -3.15. The third kappa shape index (κ3) is 6.54. The zero-order valence-corrected chi connectivity index (χ0v) is 14.7. The fourth-order valence-corrected chi connectivity index (χ4v) is 3.80. The molecule has 0 bridgehead atoms. The molecule has 0 aliphatic rings. The molecule has 0 radical (unpaired) electrons. The molecule has 0 unspecified atom stereocenters. The van der Waals surface area contributed by atoms with Gasteiger partial charge in [-0.25, -0.2) is 8.42 Å². The third-order valence-corrected chi connectivity index (χ3v) is 5.35. The molecule has 0 saturated heterocycles. The van der Waals surface area contributed by atoms with Crippen molar-refractivity contribution in [2.24, 2.45) is 0 Å². The summed E-state index contributed by atoms with van der Waals surface area (Å²) in [5.74, 6) is 0.0389. The van der Waals surface area contributed by atoms with E-state index < -0.39 is 9.84 Å². The summed E-state index contributed by atoms with van der Waals surface area (Å²) in [5, 5.41) is 2.78. The quantitative estimate of drug-likeness (QED) is 0.748. The highest BCUT2D eigenvalue weighted by Crippen LogP contribution is 2.07. The molecule has 0 heterocycles. The van der Waals surface area contributed by atoms with Gasteiger partial charge in [0.2, 0.25) is 5.91 Å². The number of sulfone groups is 1. The minimum Gasteiger partial charge on any atom is -0.356 e. The van der Waals surface area contributed by atoms with Gasteiger partial charge in [0.15, 0.2) is 9.84 Å². The number of hydrogen-bond donors (Lipinski definition) is 1. The van der Waals surface area contributed by atoms with Crippen molar-refractivity contribution in [1.29, 1.82) is 0 Å². The second-order valence-electron chi connectivity index (χ2n) is 5.94. The number of rotatable bonds is 8. The van der Waals surface area contributed by atoms with Gasteiger partial charge in [-0.05, 0) is 24.5 Å². The van der Waals surface area contributed by atoms with Crippen molar-refractivity contribution in [1.82, 2.24) is 5.32 Å². The van der Waals surface area contributed by atoms with Gasteiger partial charge in [0, 0.05) is 6.54 Å². The molecular weight excluding hydrogens is 322 g/mol. The Bertz CT molecular complexity index is 753. The summed E-state index contributed by atoms with van der Waals surface area (Å²) in [6.07, 6.45) is 0.742. The normalized spacial score (nSPS) is 11.2. The molecule has 0 aromatic heterocycles. The standard InChI is InChI=1S/C19H23NO3S/c1-16-8-10-17(11-9-16)14-19(21)20-12-5-13-24(22,23)15-18-6-3-2-4-7-18/h2-4,6-11H,5,12-15H2,1H3,(H,20,21). The van der Waals surface area contributed by atoms with E-state index in [0.29, 0.717) is 19.4 Å². The lowest BCUT2D eigenvalue weighted by molar-refractivity contribution is -0.120. The predicted molar refractivity (Wildman–Crippen MR) is 96.4 cm³/mol. The third-order valence-electron chi connectivity index (χ3n) is 3.67. The maximum absolute atomic E-state index is 12.1. The van der Waals surface area contributed by atoms with Gasteiger partial charge < -0.3 is 5.32 Å². The number of carbonyl (C=O) groups is 1. The van der Waals surface area contributed by atoms with E-state index in [-0.39, 0.29) is 17.4 Å². The van der Waals surface area contributed by atoms with Crippen LogP contribution in [-0.4, -0.2) is 26.6 Å². The van der Waals surface area contributed by atoms with Crippen molar-refractivity contribution in [3.05, 3.63) is 71.3 Å². The van der Waals surface area contributed by atoms with Crippen molar-refractivity contribution in [2.45, 2.75) is 25.5 Å². The van der Waals surface area contributed by atoms with Crippen LogP contribution in [0.2, 0.25) is 0 Å². The average Bonchev–Trinajstić information content (AvgIpc) is 2.54. The number of benzene rings is 2. The van der Waals surface area contributed by atoms with Crippen LogP contribution in [0.25, 0.3) is 0 Å². The van der Waals surface area contributed by atoms with Gasteiger partial charge in [0.05, 0.1) is 17.9 Å². The number of carbonyl (C=O) groups excluding carboxylic acids is 1. The highest BCUT2D eigenvalue weighted by Gasteiger charge is 2.12. The molecule has 2 rings (SSSR count). The largest absolute Gasteiger partial charge is 0.356 e. The van der Waals surface area contributed by atoms with Gasteiger partial charge in [0.1, 0.15) is 0 Å². The second kappa shape index (κ2) is 8.64. The number of amides is 1. The lowest BCUT2D eigenvalue weighted by Crippen LogP contribution is -2.27. The van der Waals surface area contributed by atoms with E-state index in [1.165, 1.54) is 0 Å². The topological polar surface area (TPSA) is 63.2 Å². The molecule has 1 amide bonds. The highest BCUT2D eigenvalue weighted by atomic mass is 32.2. The predicted octanol–water partition coefficient (Wildman–Crippen LogP) is 2.66. The summed E-state index contributed by atoms with van der Waals surface area (Å²) in [7, 11) is -3.15. The summed E-state index contributed by atoms with van der Waals surface area (Å²) in [6.45, 7) is 2.37. The summed E-state index contributed by atoms with van der Waals surface area (Å²) in [4.78, 5) is 11.9. The van der Waals surface area contributed by atoms with E-state index >= 15 is 0 Å². The first-order chi connectivity index (χ1) is 11.4. The SMILES string of the molecule is Cc1ccc(CC(=O)NCCCS(=O)(=O)Cc2ccccc2)cc1. The van der Waals surface area contributed by atoms with Crippen LogP contribution in [0.3, 0.4) is 0 Å². The van der Waals surface area contributed by atoms with Crippen LogP contribution in [0.5, 0.6) is 0 Å². The molecule has 0 aliphatic carbocycles. The Morgan fingerprint density at radius 3 is 2.29 bits per heavy atom. The van der Waals surface area contributed by atoms with Gasteiger partial charge in [-0.2, -0.15) is 0 Å². The van der Waals surface area contributed by atoms with Crippen LogP contribution in [0.15, 0.2) is 54.6 Å². The van der Waals surface area contributed by atoms with Crippen molar-refractivity contribution in [3.8, 4) is 0 Å². The zero-order chi connectivity index (χ0) is 17.4. The summed E-state index contributed by atoms with van der Waals surface area (Å²) >= 11 is 0. The molecule has 0 atom stereocenters. The van der Waals surface area contributed by atoms with Crippen LogP contribution in [-0.2, 0) is 26.8 Å².